The van der Waals surface area contributed by atoms with Crippen LogP contribution in [0.25, 0.3) is 11.0 Å². The minimum Gasteiger partial charge on any atom is -0.476 e. The first-order chi connectivity index (χ1) is 11.1. The van der Waals surface area contributed by atoms with Gasteiger partial charge in [-0.15, -0.1) is 0 Å². The number of hydrogen-bond acceptors (Lipinski definition) is 5. The summed E-state index contributed by atoms with van der Waals surface area (Å²) in [5.74, 6) is 0.157. The van der Waals surface area contributed by atoms with Crippen molar-refractivity contribution in [3.05, 3.63) is 29.0 Å². The van der Waals surface area contributed by atoms with Crippen molar-refractivity contribution < 1.29 is 14.3 Å². The lowest BCUT2D eigenvalue weighted by molar-refractivity contribution is 0.0296. The molecule has 23 heavy (non-hydrogen) atoms. The minimum absolute atomic E-state index is 0.149. The van der Waals surface area contributed by atoms with Crippen LogP contribution in [0, 0.1) is 13.8 Å². The zero-order valence-corrected chi connectivity index (χ0v) is 13.8. The Balaban J connectivity index is 2.07. The summed E-state index contributed by atoms with van der Waals surface area (Å²) in [6.07, 6.45) is 0. The lowest BCUT2D eigenvalue weighted by Crippen LogP contribution is -2.41. The van der Waals surface area contributed by atoms with Crippen molar-refractivity contribution in [1.29, 1.82) is 0 Å². The first-order valence-corrected chi connectivity index (χ1v) is 7.89. The number of aryl methyl sites for hydroxylation is 2. The smallest absolute Gasteiger partial charge is 0.278 e. The second-order valence-electron chi connectivity index (χ2n) is 5.64. The van der Waals surface area contributed by atoms with Crippen LogP contribution in [0.1, 0.15) is 28.5 Å². The first kappa shape index (κ1) is 15.7. The Morgan fingerprint density at radius 2 is 1.78 bits per heavy atom. The summed E-state index contributed by atoms with van der Waals surface area (Å²) in [5, 5.41) is 0. The molecule has 0 saturated carbocycles. The van der Waals surface area contributed by atoms with Crippen molar-refractivity contribution in [3.63, 3.8) is 0 Å². The number of carbonyl (C=O) groups excluding carboxylic acids is 1. The first-order valence-electron chi connectivity index (χ1n) is 7.89. The third-order valence-electron chi connectivity index (χ3n) is 4.03. The van der Waals surface area contributed by atoms with Gasteiger partial charge in [-0.25, -0.2) is 9.97 Å². The van der Waals surface area contributed by atoms with Gasteiger partial charge in [0.05, 0.1) is 30.9 Å². The number of hydrogen-bond donors (Lipinski definition) is 0. The zero-order chi connectivity index (χ0) is 16.4. The number of morpholine rings is 1. The predicted octanol–water partition coefficient (Wildman–Crippen LogP) is 2.12. The van der Waals surface area contributed by atoms with E-state index in [9.17, 15) is 4.79 Å². The number of ether oxygens (including phenoxy) is 2. The highest BCUT2D eigenvalue weighted by atomic mass is 16.5. The zero-order valence-electron chi connectivity index (χ0n) is 13.8. The molecule has 1 saturated heterocycles. The van der Waals surface area contributed by atoms with Gasteiger partial charge < -0.3 is 14.4 Å². The van der Waals surface area contributed by atoms with Gasteiger partial charge >= 0.3 is 0 Å². The molecular formula is C17H21N3O3. The molecular weight excluding hydrogens is 294 g/mol. The fourth-order valence-corrected chi connectivity index (χ4v) is 2.59. The van der Waals surface area contributed by atoms with Crippen LogP contribution >= 0.6 is 0 Å². The third-order valence-corrected chi connectivity index (χ3v) is 4.03. The van der Waals surface area contributed by atoms with E-state index in [4.69, 9.17) is 9.47 Å². The van der Waals surface area contributed by atoms with Gasteiger partial charge in [0.1, 0.15) is 0 Å². The third kappa shape index (κ3) is 3.12. The van der Waals surface area contributed by atoms with E-state index in [1.165, 1.54) is 0 Å². The Kier molecular flexibility index (Phi) is 4.43. The minimum atomic E-state index is -0.149. The summed E-state index contributed by atoms with van der Waals surface area (Å²) < 4.78 is 10.9. The molecule has 0 spiro atoms. The molecule has 1 aliphatic heterocycles. The van der Waals surface area contributed by atoms with Crippen LogP contribution in [-0.2, 0) is 4.74 Å². The molecule has 6 nitrogen and oxygen atoms in total. The number of nitrogens with zero attached hydrogens (tertiary/aromatic N) is 3. The summed E-state index contributed by atoms with van der Waals surface area (Å²) in [7, 11) is 0. The summed E-state index contributed by atoms with van der Waals surface area (Å²) in [6.45, 7) is 8.60. The molecule has 3 rings (SSSR count). The standard InChI is InChI=1S/C17H21N3O3/c1-4-23-16-15(17(21)20-5-7-22-8-6-20)18-13-9-11(2)12(3)10-14(13)19-16/h9-10H,4-8H2,1-3H3. The van der Waals surface area contributed by atoms with Crippen LogP contribution in [0.5, 0.6) is 5.88 Å². The lowest BCUT2D eigenvalue weighted by atomic mass is 10.1. The van der Waals surface area contributed by atoms with Crippen molar-refractivity contribution in [3.8, 4) is 5.88 Å². The number of fused-ring (bicyclic) bond motifs is 1. The van der Waals surface area contributed by atoms with Crippen LogP contribution in [0.15, 0.2) is 12.1 Å². The van der Waals surface area contributed by atoms with Crippen LogP contribution in [0.2, 0.25) is 0 Å². The molecule has 1 fully saturated rings. The summed E-state index contributed by atoms with van der Waals surface area (Å²) in [5.41, 5.74) is 4.01. The second kappa shape index (κ2) is 6.50. The number of carbonyl (C=O) groups is 1. The van der Waals surface area contributed by atoms with E-state index in [0.29, 0.717) is 44.3 Å². The highest BCUT2D eigenvalue weighted by molar-refractivity contribution is 5.96. The topological polar surface area (TPSA) is 64.6 Å². The summed E-state index contributed by atoms with van der Waals surface area (Å²) in [6, 6.07) is 3.94. The molecule has 0 unspecified atom stereocenters. The average Bonchev–Trinajstić information content (AvgIpc) is 2.56. The van der Waals surface area contributed by atoms with Crippen LogP contribution in [0.4, 0.5) is 0 Å². The van der Waals surface area contributed by atoms with Gasteiger partial charge in [-0.2, -0.15) is 0 Å². The van der Waals surface area contributed by atoms with E-state index in [2.05, 4.69) is 9.97 Å². The van der Waals surface area contributed by atoms with Crippen LogP contribution in [0.3, 0.4) is 0 Å². The van der Waals surface area contributed by atoms with E-state index >= 15 is 0 Å². The summed E-state index contributed by atoms with van der Waals surface area (Å²) >= 11 is 0. The predicted molar refractivity (Wildman–Crippen MR) is 86.9 cm³/mol. The van der Waals surface area contributed by atoms with Gasteiger partial charge in [-0.1, -0.05) is 0 Å². The van der Waals surface area contributed by atoms with E-state index in [1.54, 1.807) is 4.90 Å². The fraction of sp³-hybridized carbons (Fsp3) is 0.471. The molecule has 0 N–H and O–H groups in total. The van der Waals surface area contributed by atoms with Crippen LogP contribution < -0.4 is 4.74 Å². The molecule has 0 aliphatic carbocycles. The number of benzene rings is 1. The maximum atomic E-state index is 12.8. The molecule has 1 amide bonds. The molecule has 122 valence electrons. The van der Waals surface area contributed by atoms with E-state index < -0.39 is 0 Å². The highest BCUT2D eigenvalue weighted by Gasteiger charge is 2.25. The Bertz CT molecular complexity index is 739. The lowest BCUT2D eigenvalue weighted by Gasteiger charge is -2.26. The summed E-state index contributed by atoms with van der Waals surface area (Å²) in [4.78, 5) is 23.6. The van der Waals surface area contributed by atoms with Crippen molar-refractivity contribution in [2.75, 3.05) is 32.9 Å². The van der Waals surface area contributed by atoms with E-state index in [-0.39, 0.29) is 11.6 Å². The Morgan fingerprint density at radius 1 is 1.17 bits per heavy atom. The van der Waals surface area contributed by atoms with Crippen LogP contribution in [-0.4, -0.2) is 53.7 Å². The Labute approximate surface area is 135 Å². The molecule has 1 aliphatic rings. The number of rotatable bonds is 3. The largest absolute Gasteiger partial charge is 0.476 e. The maximum Gasteiger partial charge on any atom is 0.278 e. The van der Waals surface area contributed by atoms with Crippen molar-refractivity contribution in [2.24, 2.45) is 0 Å². The number of amides is 1. The average molecular weight is 315 g/mol. The van der Waals surface area contributed by atoms with Gasteiger partial charge in [0.25, 0.3) is 5.91 Å². The molecule has 2 heterocycles. The monoisotopic (exact) mass is 315 g/mol. The number of aromatic nitrogens is 2. The van der Waals surface area contributed by atoms with Gasteiger partial charge in [-0.05, 0) is 44.0 Å². The van der Waals surface area contributed by atoms with Gasteiger partial charge in [-0.3, -0.25) is 4.79 Å². The molecule has 2 aromatic rings. The van der Waals surface area contributed by atoms with Gasteiger partial charge in [0.2, 0.25) is 5.88 Å². The Hall–Kier alpha value is -2.21. The fourth-order valence-electron chi connectivity index (χ4n) is 2.59. The SMILES string of the molecule is CCOc1nc2cc(C)c(C)cc2nc1C(=O)N1CCOCC1. The second-order valence-corrected chi connectivity index (χ2v) is 5.64. The molecule has 0 bridgehead atoms. The Morgan fingerprint density at radius 3 is 2.39 bits per heavy atom. The van der Waals surface area contributed by atoms with Crippen molar-refractivity contribution in [2.45, 2.75) is 20.8 Å². The quantitative estimate of drug-likeness (QED) is 0.868. The molecule has 0 atom stereocenters. The molecule has 6 heteroatoms. The van der Waals surface area contributed by atoms with Gasteiger partial charge in [0.15, 0.2) is 5.69 Å². The molecule has 1 aromatic heterocycles. The molecule has 1 aromatic carbocycles. The normalized spacial score (nSPS) is 15.0. The van der Waals surface area contributed by atoms with E-state index in [0.717, 1.165) is 16.6 Å². The maximum absolute atomic E-state index is 12.8. The van der Waals surface area contributed by atoms with Crippen molar-refractivity contribution in [1.82, 2.24) is 14.9 Å². The van der Waals surface area contributed by atoms with Crippen molar-refractivity contribution >= 4 is 16.9 Å². The van der Waals surface area contributed by atoms with Gasteiger partial charge in [0, 0.05) is 13.1 Å². The highest BCUT2D eigenvalue weighted by Crippen LogP contribution is 2.23. The molecule has 0 radical (unpaired) electrons. The van der Waals surface area contributed by atoms with E-state index in [1.807, 2.05) is 32.9 Å².